The monoisotopic (exact) mass is 387 g/mol. The Kier molecular flexibility index (Phi) is 5.69. The lowest BCUT2D eigenvalue weighted by atomic mass is 10.0. The number of nitrogens with zero attached hydrogens (tertiary/aromatic N) is 4. The molecular weight excluding hydrogens is 364 g/mol. The highest BCUT2D eigenvalue weighted by Gasteiger charge is 2.19. The minimum atomic E-state index is -2.65. The number of rotatable bonds is 7. The van der Waals surface area contributed by atoms with Gasteiger partial charge in [0.15, 0.2) is 0 Å². The van der Waals surface area contributed by atoms with E-state index >= 15 is 0 Å². The molecule has 0 aliphatic rings. The molecule has 0 radical (unpaired) electrons. The molecule has 0 unspecified atom stereocenters. The predicted octanol–water partition coefficient (Wildman–Crippen LogP) is 4.49. The van der Waals surface area contributed by atoms with Crippen molar-refractivity contribution in [1.29, 1.82) is 0 Å². The number of aryl methyl sites for hydroxylation is 1. The van der Waals surface area contributed by atoms with Crippen LogP contribution in [0.5, 0.6) is 0 Å². The summed E-state index contributed by atoms with van der Waals surface area (Å²) < 4.78 is 27.4. The van der Waals surface area contributed by atoms with Gasteiger partial charge in [-0.25, -0.2) is 18.7 Å². The SMILES string of the molecule is CC[C@](C)(O)Cn1cc(-c2cc(C)cc(Nc3nccc(C(F)F)n3)c2)cn1. The minimum absolute atomic E-state index is 0.115. The molecule has 0 spiro atoms. The first-order chi connectivity index (χ1) is 13.3. The molecule has 1 atom stereocenters. The molecule has 0 saturated heterocycles. The molecule has 8 heteroatoms. The molecule has 0 aliphatic heterocycles. The standard InChI is InChI=1S/C20H23F2N5O/c1-4-20(3,28)12-27-11-15(10-24-27)14-7-13(2)8-16(9-14)25-19-23-6-5-17(26-19)18(21)22/h5-11,18,28H,4,12H2,1-3H3,(H,23,25,26)/t20-/m0/s1. The molecule has 0 fully saturated rings. The summed E-state index contributed by atoms with van der Waals surface area (Å²) in [5.41, 5.74) is 2.33. The van der Waals surface area contributed by atoms with Gasteiger partial charge in [-0.15, -0.1) is 0 Å². The van der Waals surface area contributed by atoms with Gasteiger partial charge in [0, 0.05) is 23.6 Å². The highest BCUT2D eigenvalue weighted by molar-refractivity contribution is 5.70. The number of halogens is 2. The molecule has 2 aromatic heterocycles. The van der Waals surface area contributed by atoms with E-state index in [1.54, 1.807) is 17.8 Å². The average molecular weight is 387 g/mol. The van der Waals surface area contributed by atoms with E-state index in [1.165, 1.54) is 12.3 Å². The quantitative estimate of drug-likeness (QED) is 0.625. The summed E-state index contributed by atoms with van der Waals surface area (Å²) in [6.07, 6.45) is 2.88. The fourth-order valence-corrected chi connectivity index (χ4v) is 2.77. The zero-order chi connectivity index (χ0) is 20.3. The maximum absolute atomic E-state index is 12.8. The van der Waals surface area contributed by atoms with Crippen molar-refractivity contribution in [1.82, 2.24) is 19.7 Å². The van der Waals surface area contributed by atoms with E-state index < -0.39 is 12.0 Å². The van der Waals surface area contributed by atoms with Crippen LogP contribution in [0.3, 0.4) is 0 Å². The first-order valence-electron chi connectivity index (χ1n) is 9.01. The zero-order valence-electron chi connectivity index (χ0n) is 16.0. The van der Waals surface area contributed by atoms with Gasteiger partial charge in [0.1, 0.15) is 5.69 Å². The lowest BCUT2D eigenvalue weighted by molar-refractivity contribution is 0.0345. The number of hydrogen-bond donors (Lipinski definition) is 2. The van der Waals surface area contributed by atoms with E-state index in [9.17, 15) is 13.9 Å². The Labute approximate surface area is 162 Å². The van der Waals surface area contributed by atoms with Crippen molar-refractivity contribution >= 4 is 11.6 Å². The maximum Gasteiger partial charge on any atom is 0.280 e. The Morgan fingerprint density at radius 3 is 2.75 bits per heavy atom. The van der Waals surface area contributed by atoms with Crippen LogP contribution in [0, 0.1) is 6.92 Å². The molecule has 0 amide bonds. The van der Waals surface area contributed by atoms with Crippen LogP contribution >= 0.6 is 0 Å². The van der Waals surface area contributed by atoms with Crippen molar-refractivity contribution < 1.29 is 13.9 Å². The largest absolute Gasteiger partial charge is 0.388 e. The van der Waals surface area contributed by atoms with Crippen molar-refractivity contribution in [3.8, 4) is 11.1 Å². The van der Waals surface area contributed by atoms with Crippen LogP contribution in [0.4, 0.5) is 20.4 Å². The summed E-state index contributed by atoms with van der Waals surface area (Å²) in [5, 5.41) is 17.5. The van der Waals surface area contributed by atoms with E-state index in [2.05, 4.69) is 20.4 Å². The lowest BCUT2D eigenvalue weighted by Crippen LogP contribution is -2.29. The highest BCUT2D eigenvalue weighted by Crippen LogP contribution is 2.27. The fraction of sp³-hybridized carbons (Fsp3) is 0.350. The maximum atomic E-state index is 12.8. The summed E-state index contributed by atoms with van der Waals surface area (Å²) in [5.74, 6) is 0.115. The Balaban J connectivity index is 1.84. The van der Waals surface area contributed by atoms with Gasteiger partial charge in [0.25, 0.3) is 6.43 Å². The van der Waals surface area contributed by atoms with Crippen molar-refractivity contribution in [2.75, 3.05) is 5.32 Å². The molecular formula is C20H23F2N5O. The topological polar surface area (TPSA) is 75.9 Å². The second-order valence-corrected chi connectivity index (χ2v) is 7.10. The number of benzene rings is 1. The summed E-state index contributed by atoms with van der Waals surface area (Å²) in [7, 11) is 0. The number of aromatic nitrogens is 4. The van der Waals surface area contributed by atoms with Crippen LogP contribution in [-0.2, 0) is 6.54 Å². The van der Waals surface area contributed by atoms with E-state index in [4.69, 9.17) is 0 Å². The Morgan fingerprint density at radius 2 is 2.04 bits per heavy atom. The molecule has 0 aliphatic carbocycles. The first-order valence-corrected chi connectivity index (χ1v) is 9.01. The van der Waals surface area contributed by atoms with Crippen LogP contribution in [0.2, 0.25) is 0 Å². The van der Waals surface area contributed by atoms with Gasteiger partial charge in [-0.2, -0.15) is 5.10 Å². The smallest absolute Gasteiger partial charge is 0.280 e. The van der Waals surface area contributed by atoms with Gasteiger partial charge in [0.05, 0.1) is 18.3 Å². The molecule has 3 aromatic rings. The van der Waals surface area contributed by atoms with Gasteiger partial charge in [0.2, 0.25) is 5.95 Å². The third-order valence-corrected chi connectivity index (χ3v) is 4.47. The predicted molar refractivity (Wildman–Crippen MR) is 104 cm³/mol. The average Bonchev–Trinajstić information content (AvgIpc) is 3.09. The second-order valence-electron chi connectivity index (χ2n) is 7.10. The van der Waals surface area contributed by atoms with Gasteiger partial charge >= 0.3 is 0 Å². The molecule has 148 valence electrons. The summed E-state index contributed by atoms with van der Waals surface area (Å²) >= 11 is 0. The Hall–Kier alpha value is -2.87. The van der Waals surface area contributed by atoms with E-state index in [1.807, 2.05) is 38.2 Å². The molecule has 2 heterocycles. The van der Waals surface area contributed by atoms with Gasteiger partial charge in [-0.05, 0) is 49.6 Å². The summed E-state index contributed by atoms with van der Waals surface area (Å²) in [6, 6.07) is 6.96. The molecule has 0 saturated carbocycles. The number of nitrogens with one attached hydrogen (secondary N) is 1. The third-order valence-electron chi connectivity index (χ3n) is 4.47. The number of hydrogen-bond acceptors (Lipinski definition) is 5. The fourth-order valence-electron chi connectivity index (χ4n) is 2.77. The van der Waals surface area contributed by atoms with Crippen LogP contribution in [-0.4, -0.2) is 30.5 Å². The Morgan fingerprint density at radius 1 is 1.25 bits per heavy atom. The second kappa shape index (κ2) is 8.02. The molecule has 1 aromatic carbocycles. The normalized spacial score (nSPS) is 13.5. The van der Waals surface area contributed by atoms with Crippen LogP contribution in [0.15, 0.2) is 42.9 Å². The highest BCUT2D eigenvalue weighted by atomic mass is 19.3. The van der Waals surface area contributed by atoms with Gasteiger partial charge in [-0.1, -0.05) is 13.0 Å². The molecule has 2 N–H and O–H groups in total. The van der Waals surface area contributed by atoms with Crippen molar-refractivity contribution in [3.63, 3.8) is 0 Å². The van der Waals surface area contributed by atoms with Crippen molar-refractivity contribution in [2.45, 2.75) is 45.8 Å². The van der Waals surface area contributed by atoms with Crippen molar-refractivity contribution in [3.05, 3.63) is 54.1 Å². The number of anilines is 2. The van der Waals surface area contributed by atoms with Gasteiger partial charge < -0.3 is 10.4 Å². The van der Waals surface area contributed by atoms with Gasteiger partial charge in [-0.3, -0.25) is 4.68 Å². The minimum Gasteiger partial charge on any atom is -0.388 e. The Bertz CT molecular complexity index is 955. The summed E-state index contributed by atoms with van der Waals surface area (Å²) in [4.78, 5) is 7.84. The first kappa shape index (κ1) is 19.9. The third kappa shape index (κ3) is 4.89. The zero-order valence-corrected chi connectivity index (χ0v) is 16.0. The van der Waals surface area contributed by atoms with Crippen LogP contribution in [0.25, 0.3) is 11.1 Å². The van der Waals surface area contributed by atoms with E-state index in [0.29, 0.717) is 18.7 Å². The molecule has 3 rings (SSSR count). The van der Waals surface area contributed by atoms with Crippen LogP contribution < -0.4 is 5.32 Å². The molecule has 0 bridgehead atoms. The lowest BCUT2D eigenvalue weighted by Gasteiger charge is -2.20. The van der Waals surface area contributed by atoms with Crippen LogP contribution in [0.1, 0.15) is 38.0 Å². The molecule has 28 heavy (non-hydrogen) atoms. The number of aliphatic hydroxyl groups is 1. The molecule has 6 nitrogen and oxygen atoms in total. The number of alkyl halides is 2. The van der Waals surface area contributed by atoms with E-state index in [0.717, 1.165) is 16.7 Å². The summed E-state index contributed by atoms with van der Waals surface area (Å²) in [6.45, 7) is 6.04. The van der Waals surface area contributed by atoms with E-state index in [-0.39, 0.29) is 11.6 Å². The van der Waals surface area contributed by atoms with Crippen molar-refractivity contribution in [2.24, 2.45) is 0 Å².